The van der Waals surface area contributed by atoms with Crippen LogP contribution >= 0.6 is 0 Å². The van der Waals surface area contributed by atoms with E-state index in [4.69, 9.17) is 5.10 Å². The molecule has 2 aliphatic carbocycles. The fraction of sp³-hybridized carbons (Fsp3) is 0.467. The number of fused-ring (bicyclic) bond motifs is 3. The molecule has 0 N–H and O–H groups in total. The third-order valence-electron chi connectivity index (χ3n) is 4.85. The van der Waals surface area contributed by atoms with E-state index in [1.807, 2.05) is 29.1 Å². The van der Waals surface area contributed by atoms with Crippen LogP contribution in [-0.2, 0) is 6.42 Å². The van der Waals surface area contributed by atoms with Crippen molar-refractivity contribution >= 4 is 0 Å². The van der Waals surface area contributed by atoms with Crippen molar-refractivity contribution in [2.24, 2.45) is 11.3 Å². The van der Waals surface area contributed by atoms with Crippen molar-refractivity contribution in [3.63, 3.8) is 0 Å². The molecule has 0 saturated heterocycles. The molecule has 3 heteroatoms. The molecular formula is C15H17N3. The van der Waals surface area contributed by atoms with E-state index >= 15 is 0 Å². The van der Waals surface area contributed by atoms with Crippen molar-refractivity contribution < 1.29 is 0 Å². The van der Waals surface area contributed by atoms with Gasteiger partial charge in [-0.1, -0.05) is 19.9 Å². The highest BCUT2D eigenvalue weighted by molar-refractivity contribution is 5.47. The summed E-state index contributed by atoms with van der Waals surface area (Å²) in [6, 6.07) is 5.99. The third-order valence-corrected chi connectivity index (χ3v) is 4.85. The summed E-state index contributed by atoms with van der Waals surface area (Å²) in [4.78, 5) is 4.42. The molecule has 2 heterocycles. The summed E-state index contributed by atoms with van der Waals surface area (Å²) in [5, 5.41) is 4.70. The maximum Gasteiger partial charge on any atom is 0.153 e. The molecule has 2 aromatic heterocycles. The Kier molecular flexibility index (Phi) is 1.73. The monoisotopic (exact) mass is 239 g/mol. The maximum absolute atomic E-state index is 4.70. The molecule has 0 bridgehead atoms. The Morgan fingerprint density at radius 3 is 2.89 bits per heavy atom. The minimum Gasteiger partial charge on any atom is -0.237 e. The second-order valence-corrected chi connectivity index (χ2v) is 6.16. The zero-order chi connectivity index (χ0) is 12.5. The lowest BCUT2D eigenvalue weighted by molar-refractivity contribution is 0.532. The molecule has 1 saturated carbocycles. The summed E-state index contributed by atoms with van der Waals surface area (Å²) in [5.74, 6) is 2.49. The lowest BCUT2D eigenvalue weighted by atomic mass is 9.98. The van der Waals surface area contributed by atoms with Crippen LogP contribution in [0.25, 0.3) is 5.82 Å². The highest BCUT2D eigenvalue weighted by atomic mass is 15.3. The van der Waals surface area contributed by atoms with Gasteiger partial charge in [0.1, 0.15) is 0 Å². The first-order chi connectivity index (χ1) is 8.60. The van der Waals surface area contributed by atoms with Gasteiger partial charge in [0.15, 0.2) is 5.82 Å². The minimum atomic E-state index is 0.482. The van der Waals surface area contributed by atoms with Gasteiger partial charge in [0, 0.05) is 11.8 Å². The first-order valence-electron chi connectivity index (χ1n) is 6.60. The van der Waals surface area contributed by atoms with Crippen molar-refractivity contribution in [3.8, 4) is 5.82 Å². The average molecular weight is 239 g/mol. The Labute approximate surface area is 107 Å². The van der Waals surface area contributed by atoms with Crippen molar-refractivity contribution in [2.75, 3.05) is 0 Å². The number of aromatic nitrogens is 3. The summed E-state index contributed by atoms with van der Waals surface area (Å²) >= 11 is 0. The molecule has 0 spiro atoms. The standard InChI is InChI=1S/C15H17N3/c1-9-13-11(8-10-14(13)15(10,2)3)18(17-9)12-6-4-5-7-16-12/h4-7,10,14H,8H2,1-3H3/t10-,14-/m1/s1. The number of nitrogens with zero attached hydrogens (tertiary/aromatic N) is 3. The number of hydrogen-bond donors (Lipinski definition) is 0. The summed E-state index contributed by atoms with van der Waals surface area (Å²) < 4.78 is 2.05. The van der Waals surface area contributed by atoms with Gasteiger partial charge in [-0.3, -0.25) is 0 Å². The van der Waals surface area contributed by atoms with Gasteiger partial charge in [-0.25, -0.2) is 9.67 Å². The quantitative estimate of drug-likeness (QED) is 0.766. The largest absolute Gasteiger partial charge is 0.237 e. The second kappa shape index (κ2) is 3.02. The van der Waals surface area contributed by atoms with Crippen molar-refractivity contribution in [1.29, 1.82) is 0 Å². The van der Waals surface area contributed by atoms with Crippen LogP contribution in [0.4, 0.5) is 0 Å². The molecule has 2 atom stereocenters. The van der Waals surface area contributed by atoms with Gasteiger partial charge in [0.05, 0.1) is 11.4 Å². The van der Waals surface area contributed by atoms with Crippen LogP contribution in [0.3, 0.4) is 0 Å². The van der Waals surface area contributed by atoms with Gasteiger partial charge in [-0.15, -0.1) is 0 Å². The van der Waals surface area contributed by atoms with Crippen LogP contribution in [0.2, 0.25) is 0 Å². The van der Waals surface area contributed by atoms with Crippen LogP contribution in [0, 0.1) is 18.3 Å². The highest BCUT2D eigenvalue weighted by Crippen LogP contribution is 2.70. The Morgan fingerprint density at radius 1 is 1.33 bits per heavy atom. The van der Waals surface area contributed by atoms with Crippen LogP contribution in [0.1, 0.15) is 36.7 Å². The fourth-order valence-electron chi connectivity index (χ4n) is 3.76. The van der Waals surface area contributed by atoms with Crippen molar-refractivity contribution in [3.05, 3.63) is 41.3 Å². The number of hydrogen-bond acceptors (Lipinski definition) is 2. The van der Waals surface area contributed by atoms with Gasteiger partial charge in [-0.05, 0) is 42.7 Å². The van der Waals surface area contributed by atoms with Crippen LogP contribution < -0.4 is 0 Å². The molecule has 4 rings (SSSR count). The molecule has 0 aliphatic heterocycles. The molecule has 2 aliphatic rings. The number of pyridine rings is 1. The Hall–Kier alpha value is -1.64. The molecule has 18 heavy (non-hydrogen) atoms. The Morgan fingerprint density at radius 2 is 2.17 bits per heavy atom. The zero-order valence-electron chi connectivity index (χ0n) is 11.0. The Bertz CT molecular complexity index is 625. The fourth-order valence-corrected chi connectivity index (χ4v) is 3.76. The topological polar surface area (TPSA) is 30.7 Å². The lowest BCUT2D eigenvalue weighted by Crippen LogP contribution is -2.07. The van der Waals surface area contributed by atoms with E-state index in [1.54, 1.807) is 0 Å². The first-order valence-corrected chi connectivity index (χ1v) is 6.60. The van der Waals surface area contributed by atoms with Crippen molar-refractivity contribution in [2.45, 2.75) is 33.1 Å². The molecule has 2 aromatic rings. The molecule has 0 aromatic carbocycles. The molecule has 0 radical (unpaired) electrons. The average Bonchev–Trinajstić information content (AvgIpc) is 2.74. The SMILES string of the molecule is Cc1nn(-c2ccccn2)c2c1[C@H]1[C@@H](C2)C1(C)C. The number of rotatable bonds is 1. The lowest BCUT2D eigenvalue weighted by Gasteiger charge is -2.10. The first kappa shape index (κ1) is 10.3. The number of aryl methyl sites for hydroxylation is 1. The minimum absolute atomic E-state index is 0.482. The van der Waals surface area contributed by atoms with Crippen molar-refractivity contribution in [1.82, 2.24) is 14.8 Å². The molecular weight excluding hydrogens is 222 g/mol. The van der Waals surface area contributed by atoms with Gasteiger partial charge >= 0.3 is 0 Å². The van der Waals surface area contributed by atoms with E-state index in [0.29, 0.717) is 5.41 Å². The smallest absolute Gasteiger partial charge is 0.153 e. The van der Waals surface area contributed by atoms with Gasteiger partial charge in [0.2, 0.25) is 0 Å². The summed E-state index contributed by atoms with van der Waals surface area (Å²) in [5.41, 5.74) is 4.56. The second-order valence-electron chi connectivity index (χ2n) is 6.16. The van der Waals surface area contributed by atoms with E-state index < -0.39 is 0 Å². The van der Waals surface area contributed by atoms with E-state index in [9.17, 15) is 0 Å². The van der Waals surface area contributed by atoms with E-state index in [1.165, 1.54) is 17.0 Å². The molecule has 0 amide bonds. The van der Waals surface area contributed by atoms with E-state index in [0.717, 1.165) is 24.1 Å². The van der Waals surface area contributed by atoms with Crippen LogP contribution in [-0.4, -0.2) is 14.8 Å². The van der Waals surface area contributed by atoms with E-state index in [-0.39, 0.29) is 0 Å². The van der Waals surface area contributed by atoms with Gasteiger partial charge in [0.25, 0.3) is 0 Å². The summed E-state index contributed by atoms with van der Waals surface area (Å²) in [7, 11) is 0. The zero-order valence-corrected chi connectivity index (χ0v) is 11.0. The van der Waals surface area contributed by atoms with Gasteiger partial charge < -0.3 is 0 Å². The molecule has 1 fully saturated rings. The predicted molar refractivity (Wildman–Crippen MR) is 69.8 cm³/mol. The predicted octanol–water partition coefficient (Wildman–Crippen LogP) is 2.87. The highest BCUT2D eigenvalue weighted by Gasteiger charge is 2.63. The van der Waals surface area contributed by atoms with E-state index in [2.05, 4.69) is 25.8 Å². The maximum atomic E-state index is 4.70. The van der Waals surface area contributed by atoms with Gasteiger partial charge in [-0.2, -0.15) is 5.10 Å². The Balaban J connectivity index is 1.87. The summed E-state index contributed by atoms with van der Waals surface area (Å²) in [6.07, 6.45) is 2.99. The summed E-state index contributed by atoms with van der Waals surface area (Å²) in [6.45, 7) is 6.89. The molecule has 92 valence electrons. The molecule has 0 unspecified atom stereocenters. The molecule has 3 nitrogen and oxygen atoms in total. The normalized spacial score (nSPS) is 26.8. The van der Waals surface area contributed by atoms with Crippen LogP contribution in [0.5, 0.6) is 0 Å². The third kappa shape index (κ3) is 1.10. The van der Waals surface area contributed by atoms with Crippen LogP contribution in [0.15, 0.2) is 24.4 Å².